The molecular formula is C19H32IN5O. The Morgan fingerprint density at radius 1 is 1.27 bits per heavy atom. The number of aryl methyl sites for hydroxylation is 2. The highest BCUT2D eigenvalue weighted by Crippen LogP contribution is 2.19. The zero-order valence-electron chi connectivity index (χ0n) is 16.1. The topological polar surface area (TPSA) is 65.7 Å². The number of piperidine rings is 1. The lowest BCUT2D eigenvalue weighted by Gasteiger charge is -2.31. The number of hydrogen-bond donors (Lipinski definition) is 2. The van der Waals surface area contributed by atoms with Crippen molar-refractivity contribution in [3.8, 4) is 0 Å². The second-order valence-corrected chi connectivity index (χ2v) is 7.21. The SMILES string of the molecule is CN=C(NCC1CCN(Cc2nc(C)c(C)o2)CC1)NC1CC=CC1.I. The van der Waals surface area contributed by atoms with Crippen molar-refractivity contribution < 1.29 is 4.42 Å². The van der Waals surface area contributed by atoms with Crippen LogP contribution >= 0.6 is 24.0 Å². The van der Waals surface area contributed by atoms with Gasteiger partial charge in [0.2, 0.25) is 5.89 Å². The van der Waals surface area contributed by atoms with Crippen LogP contribution in [0.25, 0.3) is 0 Å². The van der Waals surface area contributed by atoms with E-state index >= 15 is 0 Å². The maximum absolute atomic E-state index is 5.71. The van der Waals surface area contributed by atoms with Crippen molar-refractivity contribution in [2.75, 3.05) is 26.7 Å². The summed E-state index contributed by atoms with van der Waals surface area (Å²) < 4.78 is 5.71. The zero-order valence-corrected chi connectivity index (χ0v) is 18.5. The van der Waals surface area contributed by atoms with E-state index in [9.17, 15) is 0 Å². The summed E-state index contributed by atoms with van der Waals surface area (Å²) in [6, 6.07) is 0.501. The van der Waals surface area contributed by atoms with Crippen LogP contribution in [0.2, 0.25) is 0 Å². The van der Waals surface area contributed by atoms with E-state index in [1.54, 1.807) is 0 Å². The molecule has 1 fully saturated rings. The van der Waals surface area contributed by atoms with Gasteiger partial charge in [0, 0.05) is 19.6 Å². The first-order valence-corrected chi connectivity index (χ1v) is 9.41. The summed E-state index contributed by atoms with van der Waals surface area (Å²) in [4.78, 5) is 11.3. The Morgan fingerprint density at radius 3 is 2.54 bits per heavy atom. The standard InChI is InChI=1S/C19H31N5O.HI/c1-14-15(2)25-18(22-14)13-24-10-8-16(9-11-24)12-21-19(20-3)23-17-6-4-5-7-17;/h4-5,16-17H,6-13H2,1-3H3,(H2,20,21,23);1H. The summed E-state index contributed by atoms with van der Waals surface area (Å²) >= 11 is 0. The summed E-state index contributed by atoms with van der Waals surface area (Å²) in [6.07, 6.45) is 9.06. The Kier molecular flexibility index (Phi) is 8.40. The van der Waals surface area contributed by atoms with Crippen LogP contribution in [0.4, 0.5) is 0 Å². The van der Waals surface area contributed by atoms with Crippen molar-refractivity contribution in [3.63, 3.8) is 0 Å². The molecule has 0 bridgehead atoms. The van der Waals surface area contributed by atoms with E-state index in [4.69, 9.17) is 4.42 Å². The van der Waals surface area contributed by atoms with Crippen LogP contribution in [0.3, 0.4) is 0 Å². The smallest absolute Gasteiger partial charge is 0.208 e. The van der Waals surface area contributed by atoms with E-state index < -0.39 is 0 Å². The molecule has 2 heterocycles. The lowest BCUT2D eigenvalue weighted by Crippen LogP contribution is -2.45. The Balaban J connectivity index is 0.00000243. The summed E-state index contributed by atoms with van der Waals surface area (Å²) in [7, 11) is 1.85. The molecule has 0 radical (unpaired) electrons. The molecule has 146 valence electrons. The predicted molar refractivity (Wildman–Crippen MR) is 116 cm³/mol. The number of nitrogens with zero attached hydrogens (tertiary/aromatic N) is 3. The molecule has 0 spiro atoms. The molecular weight excluding hydrogens is 441 g/mol. The molecule has 26 heavy (non-hydrogen) atoms. The Hall–Kier alpha value is -1.09. The maximum Gasteiger partial charge on any atom is 0.208 e. The molecule has 0 unspecified atom stereocenters. The van der Waals surface area contributed by atoms with Gasteiger partial charge in [-0.3, -0.25) is 9.89 Å². The molecule has 7 heteroatoms. The third-order valence-corrected chi connectivity index (χ3v) is 5.27. The molecule has 0 amide bonds. The molecule has 1 saturated heterocycles. The van der Waals surface area contributed by atoms with Gasteiger partial charge in [-0.2, -0.15) is 0 Å². The van der Waals surface area contributed by atoms with Gasteiger partial charge in [-0.05, 0) is 58.5 Å². The van der Waals surface area contributed by atoms with Crippen LogP contribution in [-0.4, -0.2) is 48.6 Å². The first-order chi connectivity index (χ1) is 12.1. The minimum atomic E-state index is 0. The molecule has 1 aromatic rings. The van der Waals surface area contributed by atoms with E-state index in [2.05, 4.69) is 37.7 Å². The molecule has 6 nitrogen and oxygen atoms in total. The highest BCUT2D eigenvalue weighted by Gasteiger charge is 2.21. The van der Waals surface area contributed by atoms with Crippen molar-refractivity contribution in [3.05, 3.63) is 29.5 Å². The average Bonchev–Trinajstić information content (AvgIpc) is 3.23. The lowest BCUT2D eigenvalue weighted by molar-refractivity contribution is 0.164. The summed E-state index contributed by atoms with van der Waals surface area (Å²) in [5, 5.41) is 7.00. The van der Waals surface area contributed by atoms with E-state index in [1.807, 2.05) is 20.9 Å². The number of halogens is 1. The molecule has 1 aromatic heterocycles. The maximum atomic E-state index is 5.71. The number of aromatic nitrogens is 1. The minimum Gasteiger partial charge on any atom is -0.444 e. The Labute approximate surface area is 173 Å². The van der Waals surface area contributed by atoms with Gasteiger partial charge in [0.15, 0.2) is 5.96 Å². The summed E-state index contributed by atoms with van der Waals surface area (Å²) in [6.45, 7) is 8.00. The fourth-order valence-electron chi connectivity index (χ4n) is 3.51. The third kappa shape index (κ3) is 5.97. The van der Waals surface area contributed by atoms with Gasteiger partial charge in [0.25, 0.3) is 0 Å². The number of rotatable bonds is 5. The van der Waals surface area contributed by atoms with E-state index in [0.29, 0.717) is 12.0 Å². The first-order valence-electron chi connectivity index (χ1n) is 9.41. The van der Waals surface area contributed by atoms with Gasteiger partial charge in [0.05, 0.1) is 12.2 Å². The predicted octanol–water partition coefficient (Wildman–Crippen LogP) is 3.01. The van der Waals surface area contributed by atoms with Crippen molar-refractivity contribution >= 4 is 29.9 Å². The fraction of sp³-hybridized carbons (Fsp3) is 0.684. The lowest BCUT2D eigenvalue weighted by atomic mass is 9.97. The second kappa shape index (κ2) is 10.3. The van der Waals surface area contributed by atoms with Gasteiger partial charge in [-0.25, -0.2) is 4.98 Å². The van der Waals surface area contributed by atoms with Crippen LogP contribution in [0.15, 0.2) is 21.6 Å². The second-order valence-electron chi connectivity index (χ2n) is 7.21. The largest absolute Gasteiger partial charge is 0.444 e. The van der Waals surface area contributed by atoms with Crippen molar-refractivity contribution in [2.24, 2.45) is 10.9 Å². The zero-order chi connectivity index (χ0) is 17.6. The first kappa shape index (κ1) is 21.2. The number of hydrogen-bond acceptors (Lipinski definition) is 4. The summed E-state index contributed by atoms with van der Waals surface area (Å²) in [5.41, 5.74) is 1.01. The highest BCUT2D eigenvalue weighted by atomic mass is 127. The highest BCUT2D eigenvalue weighted by molar-refractivity contribution is 14.0. The molecule has 0 aromatic carbocycles. The van der Waals surface area contributed by atoms with Crippen LogP contribution in [0.5, 0.6) is 0 Å². The normalized spacial score (nSPS) is 19.6. The average molecular weight is 473 g/mol. The molecule has 3 rings (SSSR count). The number of guanidine groups is 1. The van der Waals surface area contributed by atoms with Crippen LogP contribution in [0.1, 0.15) is 43.0 Å². The fourth-order valence-corrected chi connectivity index (χ4v) is 3.51. The van der Waals surface area contributed by atoms with Gasteiger partial charge in [-0.15, -0.1) is 24.0 Å². The quantitative estimate of drug-likeness (QED) is 0.298. The van der Waals surface area contributed by atoms with Gasteiger partial charge in [-0.1, -0.05) is 12.2 Å². The number of oxazole rings is 1. The van der Waals surface area contributed by atoms with Crippen molar-refractivity contribution in [1.29, 1.82) is 0 Å². The number of nitrogens with one attached hydrogen (secondary N) is 2. The van der Waals surface area contributed by atoms with Crippen molar-refractivity contribution in [2.45, 2.75) is 52.1 Å². The molecule has 1 aliphatic carbocycles. The van der Waals surface area contributed by atoms with Crippen LogP contribution in [0, 0.1) is 19.8 Å². The van der Waals surface area contributed by atoms with Crippen LogP contribution < -0.4 is 10.6 Å². The molecule has 2 N–H and O–H groups in total. The molecule has 2 aliphatic rings. The van der Waals surface area contributed by atoms with Gasteiger partial charge >= 0.3 is 0 Å². The van der Waals surface area contributed by atoms with E-state index in [0.717, 1.165) is 62.3 Å². The Morgan fingerprint density at radius 2 is 1.96 bits per heavy atom. The van der Waals surface area contributed by atoms with Crippen molar-refractivity contribution in [1.82, 2.24) is 20.5 Å². The van der Waals surface area contributed by atoms with E-state index in [1.165, 1.54) is 12.8 Å². The summed E-state index contributed by atoms with van der Waals surface area (Å²) in [5.74, 6) is 3.41. The number of likely N-dealkylation sites (tertiary alicyclic amines) is 1. The number of aliphatic imine (C=N–C) groups is 1. The van der Waals surface area contributed by atoms with Gasteiger partial charge in [0.1, 0.15) is 5.76 Å². The van der Waals surface area contributed by atoms with E-state index in [-0.39, 0.29) is 24.0 Å². The Bertz CT molecular complexity index is 592. The van der Waals surface area contributed by atoms with Gasteiger partial charge < -0.3 is 15.1 Å². The minimum absolute atomic E-state index is 0. The van der Waals surface area contributed by atoms with Crippen LogP contribution in [-0.2, 0) is 6.54 Å². The molecule has 0 atom stereocenters. The third-order valence-electron chi connectivity index (χ3n) is 5.27. The molecule has 1 aliphatic heterocycles. The monoisotopic (exact) mass is 473 g/mol. The molecule has 0 saturated carbocycles.